The average Bonchev–Trinajstić information content (AvgIpc) is 3.64. The second kappa shape index (κ2) is 23.2. The summed E-state index contributed by atoms with van der Waals surface area (Å²) in [6.45, 7) is 81.1. The molecule has 0 spiro atoms. The molecule has 70 heavy (non-hydrogen) atoms. The van der Waals surface area contributed by atoms with Crippen molar-refractivity contribution in [1.29, 1.82) is 0 Å². The van der Waals surface area contributed by atoms with Gasteiger partial charge >= 0.3 is 0 Å². The van der Waals surface area contributed by atoms with Crippen molar-refractivity contribution in [3.05, 3.63) is 0 Å². The van der Waals surface area contributed by atoms with Crippen LogP contribution in [0.3, 0.4) is 0 Å². The van der Waals surface area contributed by atoms with Crippen molar-refractivity contribution in [2.24, 2.45) is 44.8 Å². The van der Waals surface area contributed by atoms with Crippen LogP contribution in [0, 0.1) is 44.8 Å². The molecule has 10 atom stereocenters. The van der Waals surface area contributed by atoms with Crippen molar-refractivity contribution >= 4 is 0 Å². The van der Waals surface area contributed by atoms with Crippen LogP contribution in [0.1, 0.15) is 286 Å². The highest BCUT2D eigenvalue weighted by Gasteiger charge is 2.59. The van der Waals surface area contributed by atoms with Gasteiger partial charge in [0.2, 0.25) is 0 Å². The van der Waals surface area contributed by atoms with Gasteiger partial charge in [0.1, 0.15) is 0 Å². The van der Waals surface area contributed by atoms with Crippen LogP contribution in [-0.4, -0.2) is 114 Å². The van der Waals surface area contributed by atoms with Crippen molar-refractivity contribution in [2.45, 2.75) is 356 Å². The van der Waals surface area contributed by atoms with Crippen molar-refractivity contribution in [3.63, 3.8) is 0 Å². The Kier molecular flexibility index (Phi) is 21.8. The number of hydrogen-bond acceptors (Lipinski definition) is 5. The van der Waals surface area contributed by atoms with Crippen LogP contribution in [0.5, 0.6) is 0 Å². The number of fused-ring (bicyclic) bond motifs is 2. The monoisotopic (exact) mass is 984 g/mol. The zero-order valence-electron chi connectivity index (χ0n) is 54.5. The Morgan fingerprint density at radius 1 is 0.329 bits per heavy atom. The van der Waals surface area contributed by atoms with E-state index in [1.165, 1.54) is 77.4 Å². The summed E-state index contributed by atoms with van der Waals surface area (Å²) in [5.41, 5.74) is 3.88. The third-order valence-corrected chi connectivity index (χ3v) is 17.4. The summed E-state index contributed by atoms with van der Waals surface area (Å²) in [6, 6.07) is 5.56. The van der Waals surface area contributed by atoms with Gasteiger partial charge in [-0.1, -0.05) is 118 Å². The Balaban J connectivity index is 0.000000297. The van der Waals surface area contributed by atoms with Crippen LogP contribution < -0.4 is 0 Å². The summed E-state index contributed by atoms with van der Waals surface area (Å²) in [5.74, 6) is 3.06. The molecule has 2 saturated carbocycles. The lowest BCUT2D eigenvalue weighted by Crippen LogP contribution is -2.52. The van der Waals surface area contributed by atoms with E-state index in [0.717, 1.165) is 60.0 Å². The molecule has 418 valence electrons. The second-order valence-corrected chi connectivity index (χ2v) is 34.2. The highest BCUT2D eigenvalue weighted by molar-refractivity contribution is 5.12. The molecule has 5 aliphatic heterocycles. The highest BCUT2D eigenvalue weighted by atomic mass is 15.3. The average molecular weight is 985 g/mol. The predicted octanol–water partition coefficient (Wildman–Crippen LogP) is 17.7. The molecule has 0 aromatic rings. The molecule has 0 radical (unpaired) electrons. The zero-order valence-corrected chi connectivity index (χ0v) is 54.5. The van der Waals surface area contributed by atoms with E-state index < -0.39 is 0 Å². The predicted molar refractivity (Wildman–Crippen MR) is 315 cm³/mol. The van der Waals surface area contributed by atoms with Gasteiger partial charge in [0.15, 0.2) is 0 Å². The fraction of sp³-hybridized carbons (Fsp3) is 1.00. The molecule has 5 saturated heterocycles. The largest absolute Gasteiger partial charge is 0.295 e. The van der Waals surface area contributed by atoms with Gasteiger partial charge in [0.05, 0.1) is 0 Å². The zero-order chi connectivity index (χ0) is 55.1. The molecule has 7 rings (SSSR count). The number of rotatable bonds is 0. The fourth-order valence-electron chi connectivity index (χ4n) is 14.4. The van der Waals surface area contributed by atoms with E-state index in [1.54, 1.807) is 0 Å². The van der Waals surface area contributed by atoms with Crippen LogP contribution in [0.4, 0.5) is 0 Å². The maximum atomic E-state index is 2.79. The Hall–Kier alpha value is -0.200. The molecule has 0 aromatic carbocycles. The first-order valence-corrected chi connectivity index (χ1v) is 29.9. The van der Waals surface area contributed by atoms with E-state index in [2.05, 4.69) is 239 Å². The molecule has 0 aromatic heterocycles. The molecule has 10 unspecified atom stereocenters. The lowest BCUT2D eigenvalue weighted by molar-refractivity contribution is 0.0308. The van der Waals surface area contributed by atoms with Crippen molar-refractivity contribution in [2.75, 3.05) is 19.6 Å². The van der Waals surface area contributed by atoms with Gasteiger partial charge < -0.3 is 0 Å². The smallest absolute Gasteiger partial charge is 0.0180 e. The summed E-state index contributed by atoms with van der Waals surface area (Å²) in [5, 5.41) is 0. The molecule has 5 nitrogen and oxygen atoms in total. The lowest BCUT2D eigenvalue weighted by Gasteiger charge is -2.45. The SMILES string of the molecule is CC.CC(C)(C)C1C2CC2CN1C(C)(C)C.CC(C)(C)C1CC2CC2N1C(C)(C)C.CC(C)(C)C1CCCN1C(C)(C)C.CC(C)(C)C1CCCN1C(C)(C)C.CC1CCC(C(C)(C)C)N1C(C)(C)C. The molecular formula is C65H133N5. The molecule has 2 aliphatic carbocycles. The Labute approximate surface area is 443 Å². The third kappa shape index (κ3) is 18.2. The van der Waals surface area contributed by atoms with Gasteiger partial charge in [-0.05, 0) is 226 Å². The summed E-state index contributed by atoms with van der Waals surface area (Å²) >= 11 is 0. The van der Waals surface area contributed by atoms with Crippen LogP contribution in [0.2, 0.25) is 0 Å². The highest BCUT2D eigenvalue weighted by Crippen LogP contribution is 2.57. The van der Waals surface area contributed by atoms with Crippen LogP contribution in [-0.2, 0) is 0 Å². The van der Waals surface area contributed by atoms with Crippen molar-refractivity contribution in [1.82, 2.24) is 24.5 Å². The van der Waals surface area contributed by atoms with E-state index in [-0.39, 0.29) is 0 Å². The van der Waals surface area contributed by atoms with Crippen LogP contribution in [0.15, 0.2) is 0 Å². The quantitative estimate of drug-likeness (QED) is 0.240. The van der Waals surface area contributed by atoms with Crippen LogP contribution in [0.25, 0.3) is 0 Å². The molecule has 7 aliphatic rings. The second-order valence-electron chi connectivity index (χ2n) is 34.2. The van der Waals surface area contributed by atoms with Gasteiger partial charge in [0.25, 0.3) is 0 Å². The minimum absolute atomic E-state index is 0.313. The topological polar surface area (TPSA) is 16.2 Å². The number of hydrogen-bond donors (Lipinski definition) is 0. The number of nitrogens with zero attached hydrogens (tertiary/aromatic N) is 5. The van der Waals surface area contributed by atoms with Gasteiger partial charge in [-0.25, -0.2) is 0 Å². The maximum Gasteiger partial charge on any atom is 0.0180 e. The first kappa shape index (κ1) is 65.9. The first-order valence-electron chi connectivity index (χ1n) is 29.9. The van der Waals surface area contributed by atoms with Gasteiger partial charge in [-0.2, -0.15) is 0 Å². The third-order valence-electron chi connectivity index (χ3n) is 17.4. The molecule has 5 heteroatoms. The summed E-state index contributed by atoms with van der Waals surface area (Å²) < 4.78 is 0. The Morgan fingerprint density at radius 2 is 0.700 bits per heavy atom. The normalized spacial score (nSPS) is 31.7. The molecular weight excluding hydrogens is 851 g/mol. The van der Waals surface area contributed by atoms with E-state index in [9.17, 15) is 0 Å². The molecule has 0 amide bonds. The van der Waals surface area contributed by atoms with Crippen molar-refractivity contribution < 1.29 is 0 Å². The van der Waals surface area contributed by atoms with Gasteiger partial charge in [-0.3, -0.25) is 24.5 Å². The fourth-order valence-corrected chi connectivity index (χ4v) is 14.4. The standard InChI is InChI=1S/2C13H25N.C13H27N.2C12H25N.C2H6/c1-12(2,3)11-10-7-9(10)8-14(11)13(4,5)6;1-12(2,3)11-8-9-7-10(9)14(11)13(4,5)6;1-10-8-9-11(12(2,3)4)14(10)13(5,6)7;2*1-11(2,3)10-8-7-9-13(10)12(4,5)6;1-2/h2*9-11H,7-8H2,1-6H3;10-11H,8-9H2,1-7H3;2*10H,7-9H2,1-6H3;1-2H3. The van der Waals surface area contributed by atoms with E-state index >= 15 is 0 Å². The van der Waals surface area contributed by atoms with E-state index in [4.69, 9.17) is 0 Å². The Bertz CT molecular complexity index is 1360. The minimum atomic E-state index is 0.313. The first-order chi connectivity index (χ1) is 31.0. The Morgan fingerprint density at radius 3 is 0.957 bits per heavy atom. The molecule has 0 N–H and O–H groups in total. The molecule has 5 heterocycles. The lowest BCUT2D eigenvalue weighted by atomic mass is 9.82. The van der Waals surface area contributed by atoms with Gasteiger partial charge in [0, 0.05) is 76.5 Å². The number of likely N-dealkylation sites (tertiary alicyclic amines) is 5. The van der Waals surface area contributed by atoms with Crippen molar-refractivity contribution in [3.8, 4) is 0 Å². The minimum Gasteiger partial charge on any atom is -0.295 e. The van der Waals surface area contributed by atoms with Gasteiger partial charge in [-0.15, -0.1) is 0 Å². The maximum absolute atomic E-state index is 2.79. The number of piperidine rings is 2. The van der Waals surface area contributed by atoms with E-state index in [1.807, 2.05) is 13.8 Å². The summed E-state index contributed by atoms with van der Waals surface area (Å²) in [6.07, 6.45) is 12.6. The molecule has 0 bridgehead atoms. The summed E-state index contributed by atoms with van der Waals surface area (Å²) in [7, 11) is 0. The summed E-state index contributed by atoms with van der Waals surface area (Å²) in [4.78, 5) is 13.6. The van der Waals surface area contributed by atoms with E-state index in [0.29, 0.717) is 54.8 Å². The van der Waals surface area contributed by atoms with Crippen LogP contribution >= 0.6 is 0 Å². The molecule has 7 fully saturated rings.